The summed E-state index contributed by atoms with van der Waals surface area (Å²) in [5.74, 6) is 0.334. The van der Waals surface area contributed by atoms with E-state index in [4.69, 9.17) is 10.2 Å². The predicted octanol–water partition coefficient (Wildman–Crippen LogP) is 1.37. The van der Waals surface area contributed by atoms with E-state index in [1.165, 1.54) is 12.5 Å². The Morgan fingerprint density at radius 1 is 1.43 bits per heavy atom. The Hall–Kier alpha value is -1.16. The molecule has 4 nitrogen and oxygen atoms in total. The molecule has 0 unspecified atom stereocenters. The summed E-state index contributed by atoms with van der Waals surface area (Å²) in [5, 5.41) is 0. The summed E-state index contributed by atoms with van der Waals surface area (Å²) >= 11 is 0. The van der Waals surface area contributed by atoms with Gasteiger partial charge in [0.1, 0.15) is 6.26 Å². The van der Waals surface area contributed by atoms with Crippen molar-refractivity contribution in [3.8, 4) is 0 Å². The lowest BCUT2D eigenvalue weighted by Crippen LogP contribution is -2.29. The Bertz CT molecular complexity index is 300. The smallest absolute Gasteiger partial charge is 0.263 e. The normalized spacial score (nSPS) is 27.5. The third-order valence-electron chi connectivity index (χ3n) is 2.79. The van der Waals surface area contributed by atoms with Gasteiger partial charge in [-0.3, -0.25) is 4.79 Å². The number of hydrogen-bond donors (Lipinski definition) is 1. The number of nitrogens with zero attached hydrogens (tertiary/aromatic N) is 1. The quantitative estimate of drug-likeness (QED) is 0.722. The maximum Gasteiger partial charge on any atom is 0.263 e. The van der Waals surface area contributed by atoms with E-state index in [0.717, 1.165) is 25.7 Å². The highest BCUT2D eigenvalue weighted by atomic mass is 16.3. The molecule has 0 amide bonds. The van der Waals surface area contributed by atoms with Gasteiger partial charge in [-0.1, -0.05) is 0 Å². The van der Waals surface area contributed by atoms with E-state index in [9.17, 15) is 4.79 Å². The molecule has 1 saturated carbocycles. The summed E-state index contributed by atoms with van der Waals surface area (Å²) in [6.07, 6.45) is 6.52. The number of Topliss-reactive ketones (excluding diaryl/α,β-unsaturated/α-hetero) is 1. The molecule has 0 radical (unpaired) electrons. The maximum atomic E-state index is 11.8. The zero-order valence-electron chi connectivity index (χ0n) is 7.98. The molecule has 2 N–H and O–H groups in total. The van der Waals surface area contributed by atoms with E-state index in [1.54, 1.807) is 0 Å². The van der Waals surface area contributed by atoms with Crippen LogP contribution in [0.5, 0.6) is 0 Å². The molecular weight excluding hydrogens is 180 g/mol. The molecule has 1 aliphatic carbocycles. The van der Waals surface area contributed by atoms with Crippen molar-refractivity contribution < 1.29 is 9.21 Å². The molecule has 0 bridgehead atoms. The third kappa shape index (κ3) is 1.85. The van der Waals surface area contributed by atoms with Crippen LogP contribution in [0.25, 0.3) is 0 Å². The van der Waals surface area contributed by atoms with Crippen LogP contribution < -0.4 is 5.73 Å². The molecule has 1 heterocycles. The Morgan fingerprint density at radius 3 is 2.71 bits per heavy atom. The fraction of sp³-hybridized carbons (Fsp3) is 0.600. The van der Waals surface area contributed by atoms with Crippen LogP contribution in [0.3, 0.4) is 0 Å². The fourth-order valence-corrected chi connectivity index (χ4v) is 1.90. The Morgan fingerprint density at radius 2 is 2.14 bits per heavy atom. The van der Waals surface area contributed by atoms with Gasteiger partial charge in [-0.25, -0.2) is 4.98 Å². The van der Waals surface area contributed by atoms with Gasteiger partial charge in [-0.15, -0.1) is 0 Å². The maximum absolute atomic E-state index is 11.8. The zero-order chi connectivity index (χ0) is 9.97. The number of hydrogen-bond acceptors (Lipinski definition) is 4. The molecule has 1 aromatic heterocycles. The molecule has 0 aliphatic heterocycles. The number of rotatable bonds is 2. The first-order valence-corrected chi connectivity index (χ1v) is 4.96. The monoisotopic (exact) mass is 194 g/mol. The second-order valence-corrected chi connectivity index (χ2v) is 3.81. The molecule has 1 fully saturated rings. The highest BCUT2D eigenvalue weighted by Gasteiger charge is 2.27. The molecule has 1 aliphatic rings. The van der Waals surface area contributed by atoms with Crippen molar-refractivity contribution in [3.05, 3.63) is 18.4 Å². The van der Waals surface area contributed by atoms with Crippen LogP contribution in [0, 0.1) is 5.92 Å². The average molecular weight is 194 g/mol. The van der Waals surface area contributed by atoms with E-state index in [0.29, 0.717) is 0 Å². The summed E-state index contributed by atoms with van der Waals surface area (Å²) in [7, 11) is 0. The number of carbonyl (C=O) groups excluding carboxylic acids is 1. The Labute approximate surface area is 82.5 Å². The van der Waals surface area contributed by atoms with Crippen LogP contribution in [-0.4, -0.2) is 16.8 Å². The third-order valence-corrected chi connectivity index (χ3v) is 2.79. The minimum absolute atomic E-state index is 0.0295. The van der Waals surface area contributed by atoms with Crippen molar-refractivity contribution in [2.75, 3.05) is 0 Å². The van der Waals surface area contributed by atoms with Crippen LogP contribution in [0.2, 0.25) is 0 Å². The first kappa shape index (κ1) is 9.40. The second kappa shape index (κ2) is 3.92. The fourth-order valence-electron chi connectivity index (χ4n) is 1.90. The minimum Gasteiger partial charge on any atom is -0.442 e. The van der Waals surface area contributed by atoms with Gasteiger partial charge in [0.25, 0.3) is 5.89 Å². The lowest BCUT2D eigenvalue weighted by molar-refractivity contribution is 0.0848. The van der Waals surface area contributed by atoms with E-state index in [2.05, 4.69) is 4.98 Å². The van der Waals surface area contributed by atoms with Crippen LogP contribution in [-0.2, 0) is 0 Å². The van der Waals surface area contributed by atoms with E-state index < -0.39 is 0 Å². The predicted molar refractivity (Wildman–Crippen MR) is 50.8 cm³/mol. The van der Waals surface area contributed by atoms with Crippen molar-refractivity contribution in [1.29, 1.82) is 0 Å². The number of aromatic nitrogens is 1. The SMILES string of the molecule is NC1CCC(C(=O)c2ncco2)CC1. The van der Waals surface area contributed by atoms with E-state index in [-0.39, 0.29) is 23.6 Å². The number of carbonyl (C=O) groups is 1. The lowest BCUT2D eigenvalue weighted by Gasteiger charge is -2.23. The molecule has 14 heavy (non-hydrogen) atoms. The summed E-state index contributed by atoms with van der Waals surface area (Å²) < 4.78 is 4.98. The number of ketones is 1. The number of oxazole rings is 1. The zero-order valence-corrected chi connectivity index (χ0v) is 7.98. The molecule has 76 valence electrons. The van der Waals surface area contributed by atoms with Gasteiger partial charge in [-0.05, 0) is 25.7 Å². The van der Waals surface area contributed by atoms with Crippen molar-refractivity contribution in [1.82, 2.24) is 4.98 Å². The largest absolute Gasteiger partial charge is 0.442 e. The second-order valence-electron chi connectivity index (χ2n) is 3.81. The van der Waals surface area contributed by atoms with Gasteiger partial charge in [0.15, 0.2) is 0 Å². The van der Waals surface area contributed by atoms with E-state index in [1.807, 2.05) is 0 Å². The van der Waals surface area contributed by atoms with Crippen molar-refractivity contribution in [2.24, 2.45) is 11.7 Å². The number of nitrogens with two attached hydrogens (primary N) is 1. The molecular formula is C10H14N2O2. The first-order chi connectivity index (χ1) is 6.77. The van der Waals surface area contributed by atoms with Gasteiger partial charge >= 0.3 is 0 Å². The van der Waals surface area contributed by atoms with Crippen LogP contribution in [0.4, 0.5) is 0 Å². The van der Waals surface area contributed by atoms with Gasteiger partial charge in [0, 0.05) is 12.0 Å². The Kier molecular flexibility index (Phi) is 2.63. The summed E-state index contributed by atoms with van der Waals surface area (Å²) in [6, 6.07) is 0.267. The molecule has 0 atom stereocenters. The molecule has 2 rings (SSSR count). The van der Waals surface area contributed by atoms with Crippen molar-refractivity contribution in [2.45, 2.75) is 31.7 Å². The summed E-state index contributed by atoms with van der Waals surface area (Å²) in [4.78, 5) is 15.6. The standard InChI is InChI=1S/C10H14N2O2/c11-8-3-1-7(2-4-8)9(13)10-12-5-6-14-10/h5-8H,1-4,11H2. The Balaban J connectivity index is 1.99. The molecule has 0 aromatic carbocycles. The average Bonchev–Trinajstić information content (AvgIpc) is 2.71. The van der Waals surface area contributed by atoms with Gasteiger partial charge in [-0.2, -0.15) is 0 Å². The van der Waals surface area contributed by atoms with Crippen LogP contribution in [0.15, 0.2) is 16.9 Å². The summed E-state index contributed by atoms with van der Waals surface area (Å²) in [5.41, 5.74) is 5.77. The van der Waals surface area contributed by atoms with Gasteiger partial charge < -0.3 is 10.2 Å². The summed E-state index contributed by atoms with van der Waals surface area (Å²) in [6.45, 7) is 0. The van der Waals surface area contributed by atoms with Crippen molar-refractivity contribution >= 4 is 5.78 Å². The minimum atomic E-state index is 0.0295. The molecule has 4 heteroatoms. The topological polar surface area (TPSA) is 69.1 Å². The molecule has 0 saturated heterocycles. The lowest BCUT2D eigenvalue weighted by atomic mass is 9.84. The van der Waals surface area contributed by atoms with Crippen LogP contribution >= 0.6 is 0 Å². The van der Waals surface area contributed by atoms with Crippen LogP contribution in [0.1, 0.15) is 36.4 Å². The van der Waals surface area contributed by atoms with Gasteiger partial charge in [0.05, 0.1) is 6.20 Å². The van der Waals surface area contributed by atoms with Gasteiger partial charge in [0.2, 0.25) is 5.78 Å². The highest BCUT2D eigenvalue weighted by Crippen LogP contribution is 2.25. The van der Waals surface area contributed by atoms with Crippen molar-refractivity contribution in [3.63, 3.8) is 0 Å². The molecule has 0 spiro atoms. The molecule has 1 aromatic rings. The first-order valence-electron chi connectivity index (χ1n) is 4.96. The highest BCUT2D eigenvalue weighted by molar-refractivity contribution is 5.93. The van der Waals surface area contributed by atoms with E-state index >= 15 is 0 Å².